The molecule has 0 aliphatic rings. The summed E-state index contributed by atoms with van der Waals surface area (Å²) in [6.45, 7) is 0.341. The first-order valence-electron chi connectivity index (χ1n) is 6.32. The highest BCUT2D eigenvalue weighted by Gasteiger charge is 2.18. The van der Waals surface area contributed by atoms with Crippen LogP contribution >= 0.6 is 0 Å². The Balaban J connectivity index is 2.35. The van der Waals surface area contributed by atoms with Gasteiger partial charge in [0.05, 0.1) is 18.1 Å². The Morgan fingerprint density at radius 2 is 1.75 bits per heavy atom. The number of nitrogens with two attached hydrogens (primary N) is 1. The molecule has 0 aliphatic carbocycles. The number of carbonyl (C=O) groups is 1. The molecule has 4 heteroatoms. The van der Waals surface area contributed by atoms with Crippen LogP contribution < -0.4 is 10.6 Å². The van der Waals surface area contributed by atoms with Gasteiger partial charge in [0.1, 0.15) is 0 Å². The molecular weight excluding hydrogens is 250 g/mol. The maximum atomic E-state index is 12.6. The Kier molecular flexibility index (Phi) is 4.35. The molecule has 0 aromatic heterocycles. The van der Waals surface area contributed by atoms with Crippen molar-refractivity contribution in [2.75, 3.05) is 17.2 Å². The minimum atomic E-state index is -0.190. The van der Waals surface area contributed by atoms with Gasteiger partial charge in [0.2, 0.25) is 0 Å². The number of nitrogen functional groups attached to an aromatic ring is 1. The SMILES string of the molecule is N#CCCN(C(=O)c1ccccc1N)c1ccccc1. The molecule has 0 atom stereocenters. The van der Waals surface area contributed by atoms with E-state index in [0.717, 1.165) is 5.69 Å². The van der Waals surface area contributed by atoms with Gasteiger partial charge < -0.3 is 10.6 Å². The molecule has 0 bridgehead atoms. The van der Waals surface area contributed by atoms with E-state index >= 15 is 0 Å². The average Bonchev–Trinajstić information content (AvgIpc) is 2.49. The third-order valence-corrected chi connectivity index (χ3v) is 2.95. The van der Waals surface area contributed by atoms with Crippen LogP contribution in [0.15, 0.2) is 54.6 Å². The van der Waals surface area contributed by atoms with Gasteiger partial charge in [0, 0.05) is 17.9 Å². The molecule has 0 radical (unpaired) electrons. The van der Waals surface area contributed by atoms with Crippen molar-refractivity contribution < 1.29 is 4.79 Å². The normalized spacial score (nSPS) is 9.75. The van der Waals surface area contributed by atoms with E-state index in [-0.39, 0.29) is 12.3 Å². The van der Waals surface area contributed by atoms with Gasteiger partial charge in [-0.1, -0.05) is 30.3 Å². The van der Waals surface area contributed by atoms with E-state index in [1.165, 1.54) is 0 Å². The van der Waals surface area contributed by atoms with Gasteiger partial charge >= 0.3 is 0 Å². The summed E-state index contributed by atoms with van der Waals surface area (Å²) in [5, 5.41) is 8.76. The van der Waals surface area contributed by atoms with E-state index in [0.29, 0.717) is 17.8 Å². The Hall–Kier alpha value is -2.80. The molecule has 2 aromatic carbocycles. The summed E-state index contributed by atoms with van der Waals surface area (Å²) >= 11 is 0. The maximum Gasteiger partial charge on any atom is 0.260 e. The van der Waals surface area contributed by atoms with Gasteiger partial charge in [0.25, 0.3) is 5.91 Å². The van der Waals surface area contributed by atoms with Crippen molar-refractivity contribution in [2.24, 2.45) is 0 Å². The number of rotatable bonds is 4. The zero-order chi connectivity index (χ0) is 14.4. The fourth-order valence-corrected chi connectivity index (χ4v) is 1.95. The molecule has 0 saturated carbocycles. The molecule has 1 amide bonds. The number of carbonyl (C=O) groups excluding carboxylic acids is 1. The fraction of sp³-hybridized carbons (Fsp3) is 0.125. The molecule has 0 fully saturated rings. The van der Waals surface area contributed by atoms with Crippen LogP contribution in [0.25, 0.3) is 0 Å². The van der Waals surface area contributed by atoms with Crippen LogP contribution in [0, 0.1) is 11.3 Å². The summed E-state index contributed by atoms with van der Waals surface area (Å²) < 4.78 is 0. The van der Waals surface area contributed by atoms with Crippen molar-refractivity contribution in [2.45, 2.75) is 6.42 Å². The summed E-state index contributed by atoms with van der Waals surface area (Å²) in [6.07, 6.45) is 0.271. The topological polar surface area (TPSA) is 70.1 Å². The van der Waals surface area contributed by atoms with Gasteiger partial charge in [-0.25, -0.2) is 0 Å². The predicted molar refractivity (Wildman–Crippen MR) is 79.2 cm³/mol. The maximum absolute atomic E-state index is 12.6. The number of nitrogens with zero attached hydrogens (tertiary/aromatic N) is 2. The molecule has 4 nitrogen and oxygen atoms in total. The number of amides is 1. The monoisotopic (exact) mass is 265 g/mol. The number of hydrogen-bond acceptors (Lipinski definition) is 3. The van der Waals surface area contributed by atoms with Crippen molar-refractivity contribution in [3.63, 3.8) is 0 Å². The van der Waals surface area contributed by atoms with E-state index in [4.69, 9.17) is 11.0 Å². The molecule has 0 spiro atoms. The number of hydrogen-bond donors (Lipinski definition) is 1. The molecular formula is C16H15N3O. The summed E-state index contributed by atoms with van der Waals surface area (Å²) in [7, 11) is 0. The fourth-order valence-electron chi connectivity index (χ4n) is 1.95. The zero-order valence-corrected chi connectivity index (χ0v) is 11.0. The summed E-state index contributed by atoms with van der Waals surface area (Å²) in [5.74, 6) is -0.190. The lowest BCUT2D eigenvalue weighted by molar-refractivity contribution is 0.0988. The van der Waals surface area contributed by atoms with E-state index in [1.807, 2.05) is 30.3 Å². The van der Waals surface area contributed by atoms with Gasteiger partial charge in [-0.05, 0) is 24.3 Å². The highest BCUT2D eigenvalue weighted by Crippen LogP contribution is 2.20. The minimum Gasteiger partial charge on any atom is -0.398 e. The van der Waals surface area contributed by atoms with Gasteiger partial charge in [0.15, 0.2) is 0 Å². The van der Waals surface area contributed by atoms with Crippen molar-refractivity contribution in [3.05, 3.63) is 60.2 Å². The molecule has 100 valence electrons. The third kappa shape index (κ3) is 2.96. The van der Waals surface area contributed by atoms with E-state index < -0.39 is 0 Å². The number of nitriles is 1. The Morgan fingerprint density at radius 3 is 2.40 bits per heavy atom. The van der Waals surface area contributed by atoms with Crippen LogP contribution in [-0.4, -0.2) is 12.5 Å². The van der Waals surface area contributed by atoms with Crippen molar-refractivity contribution >= 4 is 17.3 Å². The molecule has 2 N–H and O–H groups in total. The Bertz CT molecular complexity index is 632. The van der Waals surface area contributed by atoms with Crippen LogP contribution in [-0.2, 0) is 0 Å². The molecule has 0 aliphatic heterocycles. The van der Waals surface area contributed by atoms with Crippen LogP contribution in [0.4, 0.5) is 11.4 Å². The first-order valence-corrected chi connectivity index (χ1v) is 6.32. The quantitative estimate of drug-likeness (QED) is 0.864. The summed E-state index contributed by atoms with van der Waals surface area (Å²) in [4.78, 5) is 14.2. The van der Waals surface area contributed by atoms with Crippen LogP contribution in [0.5, 0.6) is 0 Å². The summed E-state index contributed by atoms with van der Waals surface area (Å²) in [5.41, 5.74) is 7.51. The van der Waals surface area contributed by atoms with Gasteiger partial charge in [-0.15, -0.1) is 0 Å². The number of para-hydroxylation sites is 2. The van der Waals surface area contributed by atoms with Crippen molar-refractivity contribution in [1.29, 1.82) is 5.26 Å². The van der Waals surface area contributed by atoms with Crippen LogP contribution in [0.3, 0.4) is 0 Å². The largest absolute Gasteiger partial charge is 0.398 e. The zero-order valence-electron chi connectivity index (χ0n) is 11.0. The predicted octanol–water partition coefficient (Wildman–Crippen LogP) is 2.83. The Morgan fingerprint density at radius 1 is 1.10 bits per heavy atom. The second-order valence-electron chi connectivity index (χ2n) is 4.29. The molecule has 0 saturated heterocycles. The molecule has 0 unspecified atom stereocenters. The third-order valence-electron chi connectivity index (χ3n) is 2.95. The second kappa shape index (κ2) is 6.39. The molecule has 20 heavy (non-hydrogen) atoms. The van der Waals surface area contributed by atoms with Crippen LogP contribution in [0.2, 0.25) is 0 Å². The molecule has 2 rings (SSSR count). The molecule has 0 heterocycles. The van der Waals surface area contributed by atoms with E-state index in [1.54, 1.807) is 29.2 Å². The second-order valence-corrected chi connectivity index (χ2v) is 4.29. The minimum absolute atomic E-state index is 0.190. The summed E-state index contributed by atoms with van der Waals surface area (Å²) in [6, 6.07) is 18.3. The average molecular weight is 265 g/mol. The first-order chi connectivity index (χ1) is 9.74. The molecule has 2 aromatic rings. The smallest absolute Gasteiger partial charge is 0.260 e. The lowest BCUT2D eigenvalue weighted by Gasteiger charge is -2.22. The van der Waals surface area contributed by atoms with E-state index in [9.17, 15) is 4.79 Å². The van der Waals surface area contributed by atoms with Crippen molar-refractivity contribution in [3.8, 4) is 6.07 Å². The number of benzene rings is 2. The first kappa shape index (κ1) is 13.6. The van der Waals surface area contributed by atoms with Crippen LogP contribution in [0.1, 0.15) is 16.8 Å². The van der Waals surface area contributed by atoms with Gasteiger partial charge in [-0.3, -0.25) is 4.79 Å². The standard InChI is InChI=1S/C16H15N3O/c17-11-6-12-19(13-7-2-1-3-8-13)16(20)14-9-4-5-10-15(14)18/h1-5,7-10H,6,12,18H2. The lowest BCUT2D eigenvalue weighted by Crippen LogP contribution is -2.32. The Labute approximate surface area is 118 Å². The number of anilines is 2. The lowest BCUT2D eigenvalue weighted by atomic mass is 10.1. The highest BCUT2D eigenvalue weighted by atomic mass is 16.2. The van der Waals surface area contributed by atoms with E-state index in [2.05, 4.69) is 6.07 Å². The van der Waals surface area contributed by atoms with Crippen molar-refractivity contribution in [1.82, 2.24) is 0 Å². The highest BCUT2D eigenvalue weighted by molar-refractivity contribution is 6.09. The van der Waals surface area contributed by atoms with Gasteiger partial charge in [-0.2, -0.15) is 5.26 Å².